The van der Waals surface area contributed by atoms with Gasteiger partial charge in [-0.25, -0.2) is 4.39 Å². The monoisotopic (exact) mass is 117 g/mol. The molecule has 0 unspecified atom stereocenters. The maximum Gasteiger partial charge on any atom is 0.133 e. The van der Waals surface area contributed by atoms with Gasteiger partial charge in [-0.1, -0.05) is 6.58 Å². The van der Waals surface area contributed by atoms with Crippen LogP contribution in [-0.4, -0.2) is 5.75 Å². The molecule has 0 spiro atoms. The summed E-state index contributed by atoms with van der Waals surface area (Å²) >= 11 is 0.847. The van der Waals surface area contributed by atoms with Gasteiger partial charge in [0.15, 0.2) is 0 Å². The number of hydrogen-bond donors (Lipinski definition) is 0. The molecular formula is C4H4FNS. The zero-order valence-corrected chi connectivity index (χ0v) is 4.46. The third kappa shape index (κ3) is 5.51. The first kappa shape index (κ1) is 6.51. The Morgan fingerprint density at radius 1 is 2.00 bits per heavy atom. The van der Waals surface area contributed by atoms with Crippen molar-refractivity contribution in [2.75, 3.05) is 5.75 Å². The topological polar surface area (TPSA) is 23.8 Å². The van der Waals surface area contributed by atoms with Gasteiger partial charge >= 0.3 is 0 Å². The van der Waals surface area contributed by atoms with Crippen LogP contribution >= 0.6 is 11.8 Å². The van der Waals surface area contributed by atoms with Crippen LogP contribution in [0.1, 0.15) is 0 Å². The van der Waals surface area contributed by atoms with E-state index in [4.69, 9.17) is 5.26 Å². The molecule has 0 saturated heterocycles. The van der Waals surface area contributed by atoms with Crippen LogP contribution in [0.15, 0.2) is 12.4 Å². The van der Waals surface area contributed by atoms with Crippen molar-refractivity contribution in [3.63, 3.8) is 0 Å². The van der Waals surface area contributed by atoms with Gasteiger partial charge in [0.05, 0.1) is 5.75 Å². The molecule has 1 nitrogen and oxygen atoms in total. The van der Waals surface area contributed by atoms with E-state index in [1.54, 1.807) is 5.40 Å². The van der Waals surface area contributed by atoms with Crippen LogP contribution in [-0.2, 0) is 0 Å². The fraction of sp³-hybridized carbons (Fsp3) is 0.250. The van der Waals surface area contributed by atoms with Crippen molar-refractivity contribution in [3.05, 3.63) is 12.4 Å². The highest BCUT2D eigenvalue weighted by molar-refractivity contribution is 8.03. The van der Waals surface area contributed by atoms with E-state index in [-0.39, 0.29) is 5.75 Å². The largest absolute Gasteiger partial charge is 0.212 e. The molecule has 0 amide bonds. The average molecular weight is 117 g/mol. The van der Waals surface area contributed by atoms with Crippen molar-refractivity contribution >= 4 is 11.8 Å². The highest BCUT2D eigenvalue weighted by atomic mass is 32.2. The average Bonchev–Trinajstić information content (AvgIpc) is 1.61. The van der Waals surface area contributed by atoms with Gasteiger partial charge in [0.25, 0.3) is 0 Å². The van der Waals surface area contributed by atoms with Crippen molar-refractivity contribution < 1.29 is 4.39 Å². The number of thiocyanates is 1. The Morgan fingerprint density at radius 2 is 2.57 bits per heavy atom. The Balaban J connectivity index is 3.02. The van der Waals surface area contributed by atoms with Gasteiger partial charge in [0.2, 0.25) is 0 Å². The Kier molecular flexibility index (Phi) is 3.43. The minimum absolute atomic E-state index is 0.0938. The first-order valence-electron chi connectivity index (χ1n) is 1.61. The fourth-order valence-electron chi connectivity index (χ4n) is 0.111. The predicted molar refractivity (Wildman–Crippen MR) is 28.3 cm³/mol. The molecular weight excluding hydrogens is 113 g/mol. The molecule has 0 radical (unpaired) electrons. The van der Waals surface area contributed by atoms with Gasteiger partial charge in [-0.3, -0.25) is 0 Å². The first-order chi connectivity index (χ1) is 3.27. The number of nitrogens with zero attached hydrogens (tertiary/aromatic N) is 1. The minimum Gasteiger partial charge on any atom is -0.212 e. The number of hydrogen-bond acceptors (Lipinski definition) is 2. The zero-order valence-electron chi connectivity index (χ0n) is 3.65. The molecule has 0 aromatic rings. The van der Waals surface area contributed by atoms with E-state index in [0.29, 0.717) is 0 Å². The molecule has 38 valence electrons. The van der Waals surface area contributed by atoms with Gasteiger partial charge in [-0.05, 0) is 11.8 Å². The maximum absolute atomic E-state index is 11.5. The van der Waals surface area contributed by atoms with Gasteiger partial charge < -0.3 is 0 Å². The van der Waals surface area contributed by atoms with Crippen LogP contribution < -0.4 is 0 Å². The molecule has 0 heterocycles. The predicted octanol–water partition coefficient (Wildman–Crippen LogP) is 1.68. The normalized spacial score (nSPS) is 7.43. The number of rotatable bonds is 2. The maximum atomic E-state index is 11.5. The second-order valence-corrected chi connectivity index (χ2v) is 1.66. The Bertz CT molecular complexity index is 105. The van der Waals surface area contributed by atoms with Gasteiger partial charge in [-0.15, -0.1) is 0 Å². The lowest BCUT2D eigenvalue weighted by molar-refractivity contribution is 0.649. The third-order valence-electron chi connectivity index (χ3n) is 0.293. The van der Waals surface area contributed by atoms with E-state index in [0.717, 1.165) is 11.8 Å². The van der Waals surface area contributed by atoms with E-state index >= 15 is 0 Å². The quantitative estimate of drug-likeness (QED) is 0.514. The highest BCUT2D eigenvalue weighted by Crippen LogP contribution is 2.02. The van der Waals surface area contributed by atoms with Crippen molar-refractivity contribution in [2.45, 2.75) is 0 Å². The van der Waals surface area contributed by atoms with E-state index in [9.17, 15) is 4.39 Å². The Hall–Kier alpha value is -0.490. The van der Waals surface area contributed by atoms with Crippen LogP contribution in [0.4, 0.5) is 4.39 Å². The summed E-state index contributed by atoms with van der Waals surface area (Å²) in [4.78, 5) is 0. The summed E-state index contributed by atoms with van der Waals surface area (Å²) in [6.45, 7) is 2.95. The van der Waals surface area contributed by atoms with E-state index in [2.05, 4.69) is 6.58 Å². The molecule has 0 aromatic heterocycles. The lowest BCUT2D eigenvalue weighted by Crippen LogP contribution is -1.70. The molecule has 0 bridgehead atoms. The summed E-state index contributed by atoms with van der Waals surface area (Å²) in [7, 11) is 0. The smallest absolute Gasteiger partial charge is 0.133 e. The first-order valence-corrected chi connectivity index (χ1v) is 2.60. The lowest BCUT2D eigenvalue weighted by Gasteiger charge is -1.80. The second-order valence-electron chi connectivity index (χ2n) is 0.897. The summed E-state index contributed by atoms with van der Waals surface area (Å²) in [5.41, 5.74) is 0. The molecule has 3 heteroatoms. The number of halogens is 1. The molecule has 0 saturated carbocycles. The molecule has 0 N–H and O–H groups in total. The summed E-state index contributed by atoms with van der Waals surface area (Å²) in [5, 5.41) is 9.54. The van der Waals surface area contributed by atoms with E-state index in [1.807, 2.05) is 0 Å². The highest BCUT2D eigenvalue weighted by Gasteiger charge is 1.86. The second kappa shape index (κ2) is 3.69. The molecule has 7 heavy (non-hydrogen) atoms. The van der Waals surface area contributed by atoms with Gasteiger partial charge in [0.1, 0.15) is 11.2 Å². The van der Waals surface area contributed by atoms with Crippen LogP contribution in [0.5, 0.6) is 0 Å². The molecule has 0 aliphatic heterocycles. The molecule has 0 aliphatic rings. The van der Waals surface area contributed by atoms with Gasteiger partial charge in [-0.2, -0.15) is 5.26 Å². The molecule has 0 atom stereocenters. The van der Waals surface area contributed by atoms with E-state index in [1.165, 1.54) is 0 Å². The van der Waals surface area contributed by atoms with Crippen LogP contribution in [0, 0.1) is 10.7 Å². The van der Waals surface area contributed by atoms with Crippen molar-refractivity contribution in [1.29, 1.82) is 5.26 Å². The van der Waals surface area contributed by atoms with Crippen molar-refractivity contribution in [1.82, 2.24) is 0 Å². The molecule has 0 rings (SSSR count). The third-order valence-corrected chi connectivity index (χ3v) is 0.880. The standard InChI is InChI=1S/C4H4FNS/c1-4(5)2-7-3-6/h1-2H2. The number of nitriles is 1. The summed E-state index contributed by atoms with van der Waals surface area (Å²) in [6.07, 6.45) is 0. The Morgan fingerprint density at radius 3 is 2.71 bits per heavy atom. The van der Waals surface area contributed by atoms with Crippen LogP contribution in [0.3, 0.4) is 0 Å². The van der Waals surface area contributed by atoms with Crippen molar-refractivity contribution in [2.24, 2.45) is 0 Å². The minimum atomic E-state index is -0.452. The molecule has 0 aliphatic carbocycles. The van der Waals surface area contributed by atoms with Crippen molar-refractivity contribution in [3.8, 4) is 5.40 Å². The fourth-order valence-corrected chi connectivity index (χ4v) is 0.332. The van der Waals surface area contributed by atoms with Crippen LogP contribution in [0.2, 0.25) is 0 Å². The molecule has 0 fully saturated rings. The van der Waals surface area contributed by atoms with Gasteiger partial charge in [0, 0.05) is 0 Å². The Labute approximate surface area is 45.8 Å². The SMILES string of the molecule is C=C(F)CSC#N. The summed E-state index contributed by atoms with van der Waals surface area (Å²) in [6, 6.07) is 0. The number of thioether (sulfide) groups is 1. The van der Waals surface area contributed by atoms with E-state index < -0.39 is 5.83 Å². The molecule has 0 aromatic carbocycles. The lowest BCUT2D eigenvalue weighted by atomic mass is 10.7. The zero-order chi connectivity index (χ0) is 5.70. The van der Waals surface area contributed by atoms with Crippen LogP contribution in [0.25, 0.3) is 0 Å². The summed E-state index contributed by atoms with van der Waals surface area (Å²) < 4.78 is 11.5. The summed E-state index contributed by atoms with van der Waals surface area (Å²) in [5.74, 6) is -0.359.